The van der Waals surface area contributed by atoms with Crippen LogP contribution in [0, 0.1) is 5.82 Å². The molecule has 1 saturated heterocycles. The van der Waals surface area contributed by atoms with Gasteiger partial charge < -0.3 is 26.4 Å². The van der Waals surface area contributed by atoms with Crippen molar-refractivity contribution in [3.63, 3.8) is 0 Å². The molecule has 0 saturated carbocycles. The van der Waals surface area contributed by atoms with Crippen LogP contribution in [0.15, 0.2) is 23.2 Å². The Kier molecular flexibility index (Phi) is 4.94. The van der Waals surface area contributed by atoms with Gasteiger partial charge in [0.1, 0.15) is 6.61 Å². The van der Waals surface area contributed by atoms with Crippen LogP contribution in [0.3, 0.4) is 0 Å². The fraction of sp³-hybridized carbons (Fsp3) is 0.385. The monoisotopic (exact) mass is 295 g/mol. The standard InChI is InChI=1S/C13H18FN5O2/c14-11-9(8-21-13(20)18-12(15)16)2-1-3-10(11)19-6-4-17-5-7-19/h1-3,17H,4-8H2,(H4,15,16,18,20). The molecule has 0 bridgehead atoms. The van der Waals surface area contributed by atoms with Gasteiger partial charge in [-0.3, -0.25) is 0 Å². The van der Waals surface area contributed by atoms with Crippen LogP contribution in [0.1, 0.15) is 5.56 Å². The second-order valence-corrected chi connectivity index (χ2v) is 4.58. The lowest BCUT2D eigenvalue weighted by atomic mass is 10.1. The number of nitrogens with one attached hydrogen (secondary N) is 1. The molecule has 8 heteroatoms. The van der Waals surface area contributed by atoms with Crippen LogP contribution in [0.25, 0.3) is 0 Å². The normalized spacial score (nSPS) is 14.6. The molecule has 7 nitrogen and oxygen atoms in total. The number of ether oxygens (including phenoxy) is 1. The van der Waals surface area contributed by atoms with Gasteiger partial charge in [-0.1, -0.05) is 12.1 Å². The third-order valence-electron chi connectivity index (χ3n) is 3.09. The number of aliphatic imine (C=N–C) groups is 1. The highest BCUT2D eigenvalue weighted by molar-refractivity contribution is 5.87. The van der Waals surface area contributed by atoms with Crippen LogP contribution in [-0.4, -0.2) is 38.2 Å². The summed E-state index contributed by atoms with van der Waals surface area (Å²) in [5, 5.41) is 3.20. The Morgan fingerprint density at radius 2 is 2.10 bits per heavy atom. The number of hydrogen-bond donors (Lipinski definition) is 3. The summed E-state index contributed by atoms with van der Waals surface area (Å²) in [6.07, 6.45) is -0.943. The van der Waals surface area contributed by atoms with Crippen LogP contribution in [-0.2, 0) is 11.3 Å². The minimum atomic E-state index is -0.943. The van der Waals surface area contributed by atoms with Gasteiger partial charge in [-0.2, -0.15) is 0 Å². The van der Waals surface area contributed by atoms with E-state index >= 15 is 0 Å². The molecule has 1 amide bonds. The van der Waals surface area contributed by atoms with Gasteiger partial charge in [-0.15, -0.1) is 4.99 Å². The summed E-state index contributed by atoms with van der Waals surface area (Å²) < 4.78 is 19.2. The number of rotatable bonds is 3. The van der Waals surface area contributed by atoms with E-state index in [0.717, 1.165) is 26.2 Å². The number of anilines is 1. The third-order valence-corrected chi connectivity index (χ3v) is 3.09. The van der Waals surface area contributed by atoms with Crippen molar-refractivity contribution in [3.05, 3.63) is 29.6 Å². The molecule has 21 heavy (non-hydrogen) atoms. The van der Waals surface area contributed by atoms with Gasteiger partial charge in [-0.05, 0) is 6.07 Å². The fourth-order valence-corrected chi connectivity index (χ4v) is 2.10. The predicted molar refractivity (Wildman–Crippen MR) is 77.5 cm³/mol. The first-order valence-corrected chi connectivity index (χ1v) is 6.57. The van der Waals surface area contributed by atoms with Crippen molar-refractivity contribution in [1.82, 2.24) is 5.32 Å². The molecule has 5 N–H and O–H groups in total. The molecular weight excluding hydrogens is 277 g/mol. The number of nitrogens with zero attached hydrogens (tertiary/aromatic N) is 2. The lowest BCUT2D eigenvalue weighted by Gasteiger charge is -2.30. The maximum Gasteiger partial charge on any atom is 0.437 e. The van der Waals surface area contributed by atoms with E-state index in [1.807, 2.05) is 4.90 Å². The summed E-state index contributed by atoms with van der Waals surface area (Å²) in [7, 11) is 0. The summed E-state index contributed by atoms with van der Waals surface area (Å²) in [6, 6.07) is 5.00. The number of hydrogen-bond acceptors (Lipinski definition) is 4. The van der Waals surface area contributed by atoms with Crippen LogP contribution >= 0.6 is 0 Å². The minimum absolute atomic E-state index is 0.221. The number of carbonyl (C=O) groups excluding carboxylic acids is 1. The molecule has 0 radical (unpaired) electrons. The Bertz CT molecular complexity index is 539. The fourth-order valence-electron chi connectivity index (χ4n) is 2.10. The van der Waals surface area contributed by atoms with Crippen molar-refractivity contribution in [1.29, 1.82) is 0 Å². The zero-order chi connectivity index (χ0) is 15.2. The van der Waals surface area contributed by atoms with Crippen molar-refractivity contribution in [2.45, 2.75) is 6.61 Å². The van der Waals surface area contributed by atoms with E-state index in [1.54, 1.807) is 18.2 Å². The highest BCUT2D eigenvalue weighted by Gasteiger charge is 2.17. The first-order valence-electron chi connectivity index (χ1n) is 6.57. The third kappa shape index (κ3) is 4.06. The van der Waals surface area contributed by atoms with Crippen LogP contribution < -0.4 is 21.7 Å². The molecule has 1 heterocycles. The second-order valence-electron chi connectivity index (χ2n) is 4.58. The van der Waals surface area contributed by atoms with Gasteiger partial charge in [0.25, 0.3) is 0 Å². The molecule has 1 aliphatic rings. The maximum absolute atomic E-state index is 14.4. The van der Waals surface area contributed by atoms with Gasteiger partial charge in [0.05, 0.1) is 5.69 Å². The Hall–Kier alpha value is -2.35. The molecule has 0 aliphatic carbocycles. The zero-order valence-electron chi connectivity index (χ0n) is 11.5. The maximum atomic E-state index is 14.4. The van der Waals surface area contributed by atoms with E-state index in [9.17, 15) is 9.18 Å². The first-order chi connectivity index (χ1) is 10.1. The Morgan fingerprint density at radius 3 is 2.76 bits per heavy atom. The average Bonchev–Trinajstić information content (AvgIpc) is 2.46. The number of guanidine groups is 1. The summed E-state index contributed by atoms with van der Waals surface area (Å²) in [5.74, 6) is -0.785. The van der Waals surface area contributed by atoms with Crippen LogP contribution in [0.5, 0.6) is 0 Å². The highest BCUT2D eigenvalue weighted by Crippen LogP contribution is 2.23. The number of halogens is 1. The quantitative estimate of drug-likeness (QED) is 0.541. The number of amides is 1. The smallest absolute Gasteiger partial charge is 0.437 e. The summed E-state index contributed by atoms with van der Waals surface area (Å²) >= 11 is 0. The molecule has 114 valence electrons. The molecule has 1 aromatic carbocycles. The lowest BCUT2D eigenvalue weighted by molar-refractivity contribution is 0.149. The van der Waals surface area contributed by atoms with Crippen molar-refractivity contribution in [2.75, 3.05) is 31.1 Å². The zero-order valence-corrected chi connectivity index (χ0v) is 11.5. The van der Waals surface area contributed by atoms with E-state index < -0.39 is 17.9 Å². The highest BCUT2D eigenvalue weighted by atomic mass is 19.1. The molecule has 1 aliphatic heterocycles. The SMILES string of the molecule is NC(N)=NC(=O)OCc1cccc(N2CCNCC2)c1F. The molecule has 1 fully saturated rings. The van der Waals surface area contributed by atoms with Gasteiger partial charge in [0.2, 0.25) is 0 Å². The van der Waals surface area contributed by atoms with Crippen LogP contribution in [0.4, 0.5) is 14.9 Å². The second kappa shape index (κ2) is 6.89. The summed E-state index contributed by atoms with van der Waals surface area (Å²) in [4.78, 5) is 16.4. The lowest BCUT2D eigenvalue weighted by Crippen LogP contribution is -2.44. The minimum Gasteiger partial charge on any atom is -0.443 e. The van der Waals surface area contributed by atoms with E-state index in [1.165, 1.54) is 0 Å². The molecule has 0 unspecified atom stereocenters. The van der Waals surface area contributed by atoms with Gasteiger partial charge >= 0.3 is 6.09 Å². The number of nitrogens with two attached hydrogens (primary N) is 2. The van der Waals surface area contributed by atoms with Crippen molar-refractivity contribution in [3.8, 4) is 0 Å². The molecule has 0 spiro atoms. The molecule has 0 aromatic heterocycles. The Balaban J connectivity index is 2.07. The summed E-state index contributed by atoms with van der Waals surface area (Å²) in [6.45, 7) is 2.86. The topological polar surface area (TPSA) is 106 Å². The van der Waals surface area contributed by atoms with E-state index in [0.29, 0.717) is 5.69 Å². The number of piperazine rings is 1. The average molecular weight is 295 g/mol. The predicted octanol–water partition coefficient (Wildman–Crippen LogP) is 0.145. The van der Waals surface area contributed by atoms with E-state index in [-0.39, 0.29) is 12.2 Å². The Labute approximate surface area is 121 Å². The van der Waals surface area contributed by atoms with E-state index in [4.69, 9.17) is 16.2 Å². The Morgan fingerprint density at radius 1 is 1.38 bits per heavy atom. The van der Waals surface area contributed by atoms with Gasteiger partial charge in [0, 0.05) is 31.7 Å². The van der Waals surface area contributed by atoms with E-state index in [2.05, 4.69) is 10.3 Å². The number of carbonyl (C=O) groups is 1. The van der Waals surface area contributed by atoms with Crippen molar-refractivity contribution < 1.29 is 13.9 Å². The summed E-state index contributed by atoms with van der Waals surface area (Å²) in [5.41, 5.74) is 10.9. The van der Waals surface area contributed by atoms with Crippen molar-refractivity contribution >= 4 is 17.7 Å². The van der Waals surface area contributed by atoms with Crippen LogP contribution in [0.2, 0.25) is 0 Å². The number of benzene rings is 1. The first kappa shape index (κ1) is 15.0. The molecule has 0 atom stereocenters. The van der Waals surface area contributed by atoms with Crippen molar-refractivity contribution in [2.24, 2.45) is 16.5 Å². The molecular formula is C13H18FN5O2. The largest absolute Gasteiger partial charge is 0.443 e. The molecule has 2 rings (SSSR count). The van der Waals surface area contributed by atoms with Gasteiger partial charge in [-0.25, -0.2) is 9.18 Å². The molecule has 1 aromatic rings. The van der Waals surface area contributed by atoms with Gasteiger partial charge in [0.15, 0.2) is 11.8 Å².